The molecule has 0 aliphatic rings. The minimum Gasteiger partial charge on any atom is -0.406 e. The third kappa shape index (κ3) is 4.77. The Hall–Kier alpha value is -2.46. The number of ether oxygens (including phenoxy) is 1. The number of rotatable bonds is 2. The molecule has 0 saturated carbocycles. The summed E-state index contributed by atoms with van der Waals surface area (Å²) in [5.74, 6) is -0.690. The molecule has 0 fully saturated rings. The zero-order valence-electron chi connectivity index (χ0n) is 11.7. The molecule has 0 bridgehead atoms. The molecule has 11 heteroatoms. The van der Waals surface area contributed by atoms with Gasteiger partial charge >= 0.3 is 18.7 Å². The van der Waals surface area contributed by atoms with Crippen molar-refractivity contribution in [1.82, 2.24) is 4.98 Å². The van der Waals surface area contributed by atoms with Crippen molar-refractivity contribution in [3.63, 3.8) is 0 Å². The maximum atomic E-state index is 13.0. The Balaban J connectivity index is 2.48. The molecule has 1 heterocycles. The monoisotopic (exact) mass is 375 g/mol. The van der Waals surface area contributed by atoms with Gasteiger partial charge in [-0.25, -0.2) is 0 Å². The van der Waals surface area contributed by atoms with Crippen LogP contribution in [0.1, 0.15) is 11.3 Å². The van der Waals surface area contributed by atoms with Gasteiger partial charge in [0, 0.05) is 11.8 Å². The number of aromatic nitrogens is 1. The highest BCUT2D eigenvalue weighted by molar-refractivity contribution is 5.68. The summed E-state index contributed by atoms with van der Waals surface area (Å²) >= 11 is 0. The maximum absolute atomic E-state index is 13.0. The predicted molar refractivity (Wildman–Crippen MR) is 66.4 cm³/mol. The smallest absolute Gasteiger partial charge is 0.406 e. The summed E-state index contributed by atoms with van der Waals surface area (Å²) < 4.78 is 116. The van der Waals surface area contributed by atoms with E-state index in [-0.39, 0.29) is 11.6 Å². The van der Waals surface area contributed by atoms with Crippen LogP contribution < -0.4 is 4.74 Å². The summed E-state index contributed by atoms with van der Waals surface area (Å²) in [6.45, 7) is 0. The van der Waals surface area contributed by atoms with E-state index in [1.54, 1.807) is 0 Å². The number of halogens is 9. The third-order valence-electron chi connectivity index (χ3n) is 2.90. The summed E-state index contributed by atoms with van der Waals surface area (Å²) in [5, 5.41) is 0. The molecule has 0 spiro atoms. The standard InChI is InChI=1S/C14H6F9NO/c15-12(16,17)10-5-11(13(18,19)20)24-6-9(10)7-1-3-8(4-2-7)25-14(21,22)23/h1-6H. The molecule has 0 N–H and O–H groups in total. The van der Waals surface area contributed by atoms with Crippen LogP contribution in [-0.4, -0.2) is 11.3 Å². The fraction of sp³-hybridized carbons (Fsp3) is 0.214. The molecule has 0 atom stereocenters. The lowest BCUT2D eigenvalue weighted by atomic mass is 10.0. The van der Waals surface area contributed by atoms with Gasteiger partial charge in [0.2, 0.25) is 0 Å². The van der Waals surface area contributed by atoms with Crippen LogP contribution in [0.2, 0.25) is 0 Å². The normalized spacial score (nSPS) is 13.0. The number of hydrogen-bond acceptors (Lipinski definition) is 2. The van der Waals surface area contributed by atoms with Crippen LogP contribution in [0.15, 0.2) is 36.5 Å². The van der Waals surface area contributed by atoms with Gasteiger partial charge in [0.15, 0.2) is 0 Å². The Morgan fingerprint density at radius 1 is 0.760 bits per heavy atom. The van der Waals surface area contributed by atoms with Gasteiger partial charge in [0.1, 0.15) is 11.4 Å². The van der Waals surface area contributed by atoms with E-state index in [2.05, 4.69) is 9.72 Å². The first-order valence-corrected chi connectivity index (χ1v) is 6.28. The second kappa shape index (κ2) is 6.12. The summed E-state index contributed by atoms with van der Waals surface area (Å²) in [4.78, 5) is 2.95. The Labute approximate surface area is 133 Å². The molecule has 0 aliphatic carbocycles. The molecule has 0 aliphatic heterocycles. The maximum Gasteiger partial charge on any atom is 0.573 e. The highest BCUT2D eigenvalue weighted by Crippen LogP contribution is 2.40. The Bertz CT molecular complexity index is 745. The van der Waals surface area contributed by atoms with Gasteiger partial charge in [-0.1, -0.05) is 12.1 Å². The third-order valence-corrected chi connectivity index (χ3v) is 2.90. The average molecular weight is 375 g/mol. The van der Waals surface area contributed by atoms with Crippen molar-refractivity contribution in [2.45, 2.75) is 18.7 Å². The van der Waals surface area contributed by atoms with Crippen LogP contribution in [0, 0.1) is 0 Å². The number of nitrogens with zero attached hydrogens (tertiary/aromatic N) is 1. The molecule has 136 valence electrons. The van der Waals surface area contributed by atoms with Crippen molar-refractivity contribution in [3.8, 4) is 16.9 Å². The van der Waals surface area contributed by atoms with Crippen molar-refractivity contribution in [3.05, 3.63) is 47.8 Å². The first-order chi connectivity index (χ1) is 11.3. The summed E-state index contributed by atoms with van der Waals surface area (Å²) in [7, 11) is 0. The van der Waals surface area contributed by atoms with E-state index >= 15 is 0 Å². The summed E-state index contributed by atoms with van der Waals surface area (Å²) in [6, 6.07) is 3.01. The number of benzene rings is 1. The lowest BCUT2D eigenvalue weighted by Gasteiger charge is -2.15. The zero-order chi connectivity index (χ0) is 19.0. The van der Waals surface area contributed by atoms with Gasteiger partial charge in [0.05, 0.1) is 5.56 Å². The fourth-order valence-corrected chi connectivity index (χ4v) is 1.91. The van der Waals surface area contributed by atoms with E-state index in [9.17, 15) is 39.5 Å². The van der Waals surface area contributed by atoms with Crippen molar-refractivity contribution in [2.75, 3.05) is 0 Å². The minimum atomic E-state index is -5.13. The summed E-state index contributed by atoms with van der Waals surface area (Å²) in [5.41, 5.74) is -4.33. The molecule has 1 aromatic carbocycles. The molecule has 0 radical (unpaired) electrons. The van der Waals surface area contributed by atoms with Gasteiger partial charge in [-0.15, -0.1) is 13.2 Å². The van der Waals surface area contributed by atoms with Crippen LogP contribution in [0.25, 0.3) is 11.1 Å². The van der Waals surface area contributed by atoms with Gasteiger partial charge < -0.3 is 4.74 Å². The van der Waals surface area contributed by atoms with Crippen molar-refractivity contribution in [2.24, 2.45) is 0 Å². The lowest BCUT2D eigenvalue weighted by molar-refractivity contribution is -0.274. The SMILES string of the molecule is FC(F)(F)Oc1ccc(-c2cnc(C(F)(F)F)cc2C(F)(F)F)cc1. The van der Waals surface area contributed by atoms with E-state index < -0.39 is 41.3 Å². The molecule has 25 heavy (non-hydrogen) atoms. The molecule has 2 nitrogen and oxygen atoms in total. The van der Waals surface area contributed by atoms with Crippen LogP contribution in [0.5, 0.6) is 5.75 Å². The zero-order valence-corrected chi connectivity index (χ0v) is 11.7. The van der Waals surface area contributed by atoms with E-state index in [0.717, 1.165) is 24.3 Å². The molecule has 0 unspecified atom stereocenters. The molecular formula is C14H6F9NO. The number of pyridine rings is 1. The van der Waals surface area contributed by atoms with Crippen LogP contribution in [0.3, 0.4) is 0 Å². The molecule has 1 aromatic heterocycles. The molecular weight excluding hydrogens is 369 g/mol. The topological polar surface area (TPSA) is 22.1 Å². The van der Waals surface area contributed by atoms with E-state index in [1.807, 2.05) is 0 Å². The van der Waals surface area contributed by atoms with Crippen LogP contribution in [-0.2, 0) is 12.4 Å². The highest BCUT2D eigenvalue weighted by atomic mass is 19.4. The molecule has 2 rings (SSSR count). The second-order valence-electron chi connectivity index (χ2n) is 4.68. The van der Waals surface area contributed by atoms with Crippen LogP contribution >= 0.6 is 0 Å². The first kappa shape index (κ1) is 18.9. The average Bonchev–Trinajstić information content (AvgIpc) is 2.44. The lowest BCUT2D eigenvalue weighted by Crippen LogP contribution is -2.17. The number of hydrogen-bond donors (Lipinski definition) is 0. The van der Waals surface area contributed by atoms with Gasteiger partial charge in [-0.05, 0) is 23.8 Å². The van der Waals surface area contributed by atoms with Crippen molar-refractivity contribution in [1.29, 1.82) is 0 Å². The fourth-order valence-electron chi connectivity index (χ4n) is 1.91. The van der Waals surface area contributed by atoms with Gasteiger partial charge in [-0.3, -0.25) is 4.98 Å². The van der Waals surface area contributed by atoms with Gasteiger partial charge in [0.25, 0.3) is 0 Å². The van der Waals surface area contributed by atoms with E-state index in [4.69, 9.17) is 0 Å². The van der Waals surface area contributed by atoms with Crippen LogP contribution in [0.4, 0.5) is 39.5 Å². The predicted octanol–water partition coefficient (Wildman–Crippen LogP) is 5.68. The summed E-state index contributed by atoms with van der Waals surface area (Å²) in [6.07, 6.45) is -14.8. The molecule has 0 saturated heterocycles. The van der Waals surface area contributed by atoms with E-state index in [1.165, 1.54) is 0 Å². The van der Waals surface area contributed by atoms with Gasteiger partial charge in [-0.2, -0.15) is 26.3 Å². The Morgan fingerprint density at radius 3 is 1.76 bits per heavy atom. The molecule has 2 aromatic rings. The van der Waals surface area contributed by atoms with Crippen molar-refractivity contribution < 1.29 is 44.3 Å². The quantitative estimate of drug-likeness (QED) is 0.630. The Kier molecular flexibility index (Phi) is 4.62. The first-order valence-electron chi connectivity index (χ1n) is 6.28. The number of alkyl halides is 9. The second-order valence-corrected chi connectivity index (χ2v) is 4.68. The van der Waals surface area contributed by atoms with E-state index in [0.29, 0.717) is 6.20 Å². The largest absolute Gasteiger partial charge is 0.573 e. The highest BCUT2D eigenvalue weighted by Gasteiger charge is 2.39. The molecule has 0 amide bonds. The van der Waals surface area contributed by atoms with Crippen molar-refractivity contribution >= 4 is 0 Å². The Morgan fingerprint density at radius 2 is 1.32 bits per heavy atom. The minimum absolute atomic E-state index is 0.157.